The fourth-order valence-electron chi connectivity index (χ4n) is 2.14. The van der Waals surface area contributed by atoms with Gasteiger partial charge in [0.15, 0.2) is 0 Å². The van der Waals surface area contributed by atoms with Crippen molar-refractivity contribution in [3.63, 3.8) is 0 Å². The molecule has 0 aromatic heterocycles. The minimum atomic E-state index is 0.0492. The SMILES string of the molecule is COc1ccc(N(C)C(=O)C2CCNC2)c(Cl)c1. The highest BCUT2D eigenvalue weighted by Gasteiger charge is 2.26. The molecule has 1 saturated heterocycles. The number of ether oxygens (including phenoxy) is 1. The van der Waals surface area contributed by atoms with Crippen LogP contribution in [0.15, 0.2) is 18.2 Å². The van der Waals surface area contributed by atoms with Crippen LogP contribution in [0.25, 0.3) is 0 Å². The predicted molar refractivity (Wildman–Crippen MR) is 72.4 cm³/mol. The van der Waals surface area contributed by atoms with Crippen molar-refractivity contribution in [2.75, 3.05) is 32.1 Å². The van der Waals surface area contributed by atoms with Crippen LogP contribution >= 0.6 is 11.6 Å². The lowest BCUT2D eigenvalue weighted by Gasteiger charge is -2.22. The molecule has 0 bridgehead atoms. The second-order valence-electron chi connectivity index (χ2n) is 4.40. The van der Waals surface area contributed by atoms with Gasteiger partial charge in [0.2, 0.25) is 5.91 Å². The van der Waals surface area contributed by atoms with Crippen molar-refractivity contribution in [1.29, 1.82) is 0 Å². The van der Waals surface area contributed by atoms with Gasteiger partial charge in [-0.25, -0.2) is 0 Å². The zero-order valence-electron chi connectivity index (χ0n) is 10.6. The number of benzene rings is 1. The van der Waals surface area contributed by atoms with Crippen LogP contribution < -0.4 is 15.0 Å². The average molecular weight is 269 g/mol. The van der Waals surface area contributed by atoms with Crippen LogP contribution in [0.3, 0.4) is 0 Å². The van der Waals surface area contributed by atoms with Crippen molar-refractivity contribution in [3.8, 4) is 5.75 Å². The molecule has 5 heteroatoms. The molecule has 18 heavy (non-hydrogen) atoms. The molecule has 0 radical (unpaired) electrons. The lowest BCUT2D eigenvalue weighted by molar-refractivity contribution is -0.121. The molecule has 1 amide bonds. The first-order valence-electron chi connectivity index (χ1n) is 5.95. The van der Waals surface area contributed by atoms with Gasteiger partial charge in [0.25, 0.3) is 0 Å². The second kappa shape index (κ2) is 5.59. The summed E-state index contributed by atoms with van der Waals surface area (Å²) in [6, 6.07) is 5.33. The summed E-state index contributed by atoms with van der Waals surface area (Å²) in [4.78, 5) is 13.9. The van der Waals surface area contributed by atoms with E-state index in [2.05, 4.69) is 5.32 Å². The van der Waals surface area contributed by atoms with Crippen LogP contribution in [0.2, 0.25) is 5.02 Å². The van der Waals surface area contributed by atoms with E-state index in [-0.39, 0.29) is 11.8 Å². The lowest BCUT2D eigenvalue weighted by Crippen LogP contribution is -2.34. The van der Waals surface area contributed by atoms with E-state index in [1.165, 1.54) is 0 Å². The van der Waals surface area contributed by atoms with Crippen molar-refractivity contribution < 1.29 is 9.53 Å². The smallest absolute Gasteiger partial charge is 0.231 e. The number of carbonyl (C=O) groups excluding carboxylic acids is 1. The standard InChI is InChI=1S/C13H17ClN2O2/c1-16(13(17)9-5-6-15-8-9)12-4-3-10(18-2)7-11(12)14/h3-4,7,9,15H,5-6,8H2,1-2H3. The normalized spacial score (nSPS) is 18.7. The summed E-state index contributed by atoms with van der Waals surface area (Å²) >= 11 is 6.16. The molecule has 1 aliphatic heterocycles. The number of hydrogen-bond donors (Lipinski definition) is 1. The Hall–Kier alpha value is -1.26. The number of carbonyl (C=O) groups is 1. The van der Waals surface area contributed by atoms with Crippen LogP contribution in [-0.2, 0) is 4.79 Å². The van der Waals surface area contributed by atoms with E-state index in [1.807, 2.05) is 0 Å². The molecule has 1 unspecified atom stereocenters. The fraction of sp³-hybridized carbons (Fsp3) is 0.462. The van der Waals surface area contributed by atoms with Crippen molar-refractivity contribution in [2.45, 2.75) is 6.42 Å². The predicted octanol–water partition coefficient (Wildman–Crippen LogP) is 1.92. The Labute approximate surface area is 112 Å². The summed E-state index contributed by atoms with van der Waals surface area (Å²) in [5.41, 5.74) is 0.717. The van der Waals surface area contributed by atoms with Gasteiger partial charge < -0.3 is 15.0 Å². The van der Waals surface area contributed by atoms with Crippen molar-refractivity contribution in [2.24, 2.45) is 5.92 Å². The van der Waals surface area contributed by atoms with Crippen molar-refractivity contribution in [3.05, 3.63) is 23.2 Å². The number of anilines is 1. The summed E-state index contributed by atoms with van der Waals surface area (Å²) in [7, 11) is 3.35. The quantitative estimate of drug-likeness (QED) is 0.911. The highest BCUT2D eigenvalue weighted by Crippen LogP contribution is 2.30. The van der Waals surface area contributed by atoms with Crippen LogP contribution in [0, 0.1) is 5.92 Å². The molecule has 1 aromatic carbocycles. The van der Waals surface area contributed by atoms with Gasteiger partial charge in [0, 0.05) is 19.7 Å². The number of methoxy groups -OCH3 is 1. The molecule has 1 heterocycles. The van der Waals surface area contributed by atoms with Crippen LogP contribution in [0.4, 0.5) is 5.69 Å². The van der Waals surface area contributed by atoms with E-state index in [9.17, 15) is 4.79 Å². The number of nitrogens with zero attached hydrogens (tertiary/aromatic N) is 1. The van der Waals surface area contributed by atoms with Gasteiger partial charge in [-0.15, -0.1) is 0 Å². The molecule has 0 aliphatic carbocycles. The molecule has 1 aliphatic rings. The summed E-state index contributed by atoms with van der Waals surface area (Å²) in [6.07, 6.45) is 0.886. The first kappa shape index (κ1) is 13.2. The summed E-state index contributed by atoms with van der Waals surface area (Å²) in [5.74, 6) is 0.840. The Bertz CT molecular complexity index is 445. The van der Waals surface area contributed by atoms with E-state index in [0.717, 1.165) is 25.2 Å². The molecular formula is C13H17ClN2O2. The van der Waals surface area contributed by atoms with Gasteiger partial charge in [-0.3, -0.25) is 4.79 Å². The van der Waals surface area contributed by atoms with Crippen molar-refractivity contribution in [1.82, 2.24) is 5.32 Å². The molecule has 2 rings (SSSR count). The number of halogens is 1. The van der Waals surface area contributed by atoms with Crippen LogP contribution in [-0.4, -0.2) is 33.2 Å². The number of hydrogen-bond acceptors (Lipinski definition) is 3. The number of nitrogens with one attached hydrogen (secondary N) is 1. The van der Waals surface area contributed by atoms with Crippen LogP contribution in [0.5, 0.6) is 5.75 Å². The highest BCUT2D eigenvalue weighted by molar-refractivity contribution is 6.34. The fourth-order valence-corrected chi connectivity index (χ4v) is 2.44. The van der Waals surface area contributed by atoms with E-state index < -0.39 is 0 Å². The molecule has 1 atom stereocenters. The van der Waals surface area contributed by atoms with Gasteiger partial charge in [0.1, 0.15) is 5.75 Å². The minimum absolute atomic E-state index is 0.0492. The lowest BCUT2D eigenvalue weighted by atomic mass is 10.1. The molecule has 4 nitrogen and oxygen atoms in total. The van der Waals surface area contributed by atoms with Gasteiger partial charge in [-0.2, -0.15) is 0 Å². The highest BCUT2D eigenvalue weighted by atomic mass is 35.5. The molecule has 0 saturated carbocycles. The summed E-state index contributed by atoms with van der Waals surface area (Å²) < 4.78 is 5.09. The van der Waals surface area contributed by atoms with Crippen molar-refractivity contribution >= 4 is 23.2 Å². The molecular weight excluding hydrogens is 252 g/mol. The number of amides is 1. The first-order valence-corrected chi connectivity index (χ1v) is 6.33. The second-order valence-corrected chi connectivity index (χ2v) is 4.81. The monoisotopic (exact) mass is 268 g/mol. The van der Waals surface area contributed by atoms with Gasteiger partial charge in [0.05, 0.1) is 23.7 Å². The third-order valence-electron chi connectivity index (χ3n) is 3.26. The van der Waals surface area contributed by atoms with E-state index in [0.29, 0.717) is 10.8 Å². The Morgan fingerprint density at radius 3 is 2.89 bits per heavy atom. The van der Waals surface area contributed by atoms with Gasteiger partial charge >= 0.3 is 0 Å². The minimum Gasteiger partial charge on any atom is -0.497 e. The molecule has 1 fully saturated rings. The first-order chi connectivity index (χ1) is 8.63. The van der Waals surface area contributed by atoms with E-state index in [4.69, 9.17) is 16.3 Å². The molecule has 98 valence electrons. The zero-order valence-corrected chi connectivity index (χ0v) is 11.3. The zero-order chi connectivity index (χ0) is 13.1. The van der Waals surface area contributed by atoms with Crippen LogP contribution in [0.1, 0.15) is 6.42 Å². The number of rotatable bonds is 3. The Kier molecular flexibility index (Phi) is 4.09. The summed E-state index contributed by atoms with van der Waals surface area (Å²) in [6.45, 7) is 1.65. The van der Waals surface area contributed by atoms with Gasteiger partial charge in [-0.05, 0) is 25.1 Å². The average Bonchev–Trinajstić information content (AvgIpc) is 2.90. The summed E-state index contributed by atoms with van der Waals surface area (Å²) in [5, 5.41) is 3.72. The maximum absolute atomic E-state index is 12.2. The largest absolute Gasteiger partial charge is 0.497 e. The molecule has 1 aromatic rings. The van der Waals surface area contributed by atoms with Gasteiger partial charge in [-0.1, -0.05) is 11.6 Å². The Morgan fingerprint density at radius 2 is 2.33 bits per heavy atom. The topological polar surface area (TPSA) is 41.6 Å². The van der Waals surface area contributed by atoms with E-state index in [1.54, 1.807) is 37.3 Å². The molecule has 1 N–H and O–H groups in total. The maximum Gasteiger partial charge on any atom is 0.231 e. The third kappa shape index (κ3) is 2.60. The maximum atomic E-state index is 12.2. The molecule has 0 spiro atoms. The third-order valence-corrected chi connectivity index (χ3v) is 3.56. The van der Waals surface area contributed by atoms with E-state index >= 15 is 0 Å². The Balaban J connectivity index is 2.17. The Morgan fingerprint density at radius 1 is 1.56 bits per heavy atom.